The van der Waals surface area contributed by atoms with Crippen molar-refractivity contribution in [2.45, 2.75) is 32.4 Å². The van der Waals surface area contributed by atoms with Crippen LogP contribution in [0, 0.1) is 5.92 Å². The zero-order valence-corrected chi connectivity index (χ0v) is 10.6. The van der Waals surface area contributed by atoms with Crippen LogP contribution in [0.15, 0.2) is 22.8 Å². The van der Waals surface area contributed by atoms with Crippen molar-refractivity contribution in [1.82, 2.24) is 0 Å². The van der Waals surface area contributed by atoms with Crippen LogP contribution < -0.4 is 4.90 Å². The first kappa shape index (κ1) is 12.2. The van der Waals surface area contributed by atoms with Gasteiger partial charge < -0.3 is 14.1 Å². The Hall–Kier alpha value is -1.29. The van der Waals surface area contributed by atoms with Gasteiger partial charge in [0.1, 0.15) is 6.10 Å². The summed E-state index contributed by atoms with van der Waals surface area (Å²) in [6.45, 7) is 5.36. The summed E-state index contributed by atoms with van der Waals surface area (Å²) in [4.78, 5) is 13.3. The highest BCUT2D eigenvalue weighted by Crippen LogP contribution is 2.17. The number of ether oxygens (including phenoxy) is 1. The molecule has 0 aromatic carbocycles. The Bertz CT molecular complexity index is 374. The molecule has 0 saturated carbocycles. The fourth-order valence-corrected chi connectivity index (χ4v) is 2.38. The highest BCUT2D eigenvalue weighted by atomic mass is 16.6. The minimum Gasteiger partial charge on any atom is -0.457 e. The topological polar surface area (TPSA) is 43.9 Å². The third kappa shape index (κ3) is 2.69. The molecule has 1 aromatic heterocycles. The lowest BCUT2D eigenvalue weighted by molar-refractivity contribution is -0.914. The third-order valence-corrected chi connectivity index (χ3v) is 3.69. The lowest BCUT2D eigenvalue weighted by atomic mass is 9.92. The molecule has 2 heterocycles. The van der Waals surface area contributed by atoms with Crippen molar-refractivity contribution in [2.24, 2.45) is 5.92 Å². The van der Waals surface area contributed by atoms with Gasteiger partial charge in [-0.2, -0.15) is 0 Å². The van der Waals surface area contributed by atoms with Crippen LogP contribution in [0.5, 0.6) is 0 Å². The van der Waals surface area contributed by atoms with Gasteiger partial charge in [-0.05, 0) is 19.1 Å². The number of furan rings is 1. The number of esters is 1. The minimum atomic E-state index is -0.349. The highest BCUT2D eigenvalue weighted by molar-refractivity contribution is 5.86. The van der Waals surface area contributed by atoms with E-state index in [-0.39, 0.29) is 17.8 Å². The monoisotopic (exact) mass is 238 g/mol. The van der Waals surface area contributed by atoms with Gasteiger partial charge in [-0.1, -0.05) is 6.92 Å². The van der Waals surface area contributed by atoms with E-state index in [1.165, 1.54) is 11.2 Å². The number of likely N-dealkylation sites (tertiary alicyclic amines) is 1. The molecular weight excluding hydrogens is 218 g/mol. The largest absolute Gasteiger partial charge is 0.457 e. The summed E-state index contributed by atoms with van der Waals surface area (Å²) in [6, 6.07) is 3.86. The molecule has 0 bridgehead atoms. The normalized spacial score (nSPS) is 33.4. The van der Waals surface area contributed by atoms with Crippen molar-refractivity contribution in [2.75, 3.05) is 13.6 Å². The number of rotatable bonds is 2. The first-order chi connectivity index (χ1) is 8.08. The zero-order valence-electron chi connectivity index (χ0n) is 10.6. The summed E-state index contributed by atoms with van der Waals surface area (Å²) < 4.78 is 10.6. The average molecular weight is 238 g/mol. The van der Waals surface area contributed by atoms with Crippen molar-refractivity contribution in [1.29, 1.82) is 0 Å². The van der Waals surface area contributed by atoms with Crippen molar-refractivity contribution >= 4 is 5.97 Å². The summed E-state index contributed by atoms with van der Waals surface area (Å²) in [6.07, 6.45) is 2.41. The molecular formula is C13H20NO3+. The molecule has 0 spiro atoms. The molecule has 1 fully saturated rings. The molecule has 0 radical (unpaired) electrons. The number of carbonyl (C=O) groups excluding carboxylic acids is 1. The van der Waals surface area contributed by atoms with Gasteiger partial charge in [0.2, 0.25) is 5.76 Å². The molecule has 1 aliphatic heterocycles. The van der Waals surface area contributed by atoms with Gasteiger partial charge in [0.15, 0.2) is 0 Å². The van der Waals surface area contributed by atoms with Crippen LogP contribution in [0.3, 0.4) is 0 Å². The summed E-state index contributed by atoms with van der Waals surface area (Å²) in [5, 5.41) is 0. The van der Waals surface area contributed by atoms with Gasteiger partial charge in [-0.3, -0.25) is 0 Å². The molecule has 94 valence electrons. The molecule has 1 aromatic rings. The van der Waals surface area contributed by atoms with Gasteiger partial charge in [0.05, 0.1) is 25.9 Å². The van der Waals surface area contributed by atoms with E-state index < -0.39 is 0 Å². The molecule has 1 unspecified atom stereocenters. The van der Waals surface area contributed by atoms with Crippen LogP contribution in [0.1, 0.15) is 30.8 Å². The molecule has 0 aliphatic carbocycles. The van der Waals surface area contributed by atoms with E-state index in [0.717, 1.165) is 13.0 Å². The van der Waals surface area contributed by atoms with Crippen LogP contribution in [-0.4, -0.2) is 31.7 Å². The van der Waals surface area contributed by atoms with Crippen LogP contribution in [-0.2, 0) is 4.74 Å². The van der Waals surface area contributed by atoms with E-state index >= 15 is 0 Å². The quantitative estimate of drug-likeness (QED) is 0.773. The molecule has 1 saturated heterocycles. The molecule has 4 atom stereocenters. The van der Waals surface area contributed by atoms with Crippen molar-refractivity contribution in [3.05, 3.63) is 24.2 Å². The molecule has 1 aliphatic rings. The maximum absolute atomic E-state index is 11.8. The standard InChI is InChI=1S/C13H19NO3/c1-9-8-14(3)10(2)7-12(9)17-13(15)11-5-4-6-16-11/h4-6,9-10,12H,7-8H2,1-3H3/p+1/t9-,10-,12-/m1/s1. The van der Waals surface area contributed by atoms with Crippen molar-refractivity contribution in [3.63, 3.8) is 0 Å². The second-order valence-electron chi connectivity index (χ2n) is 5.09. The number of piperidine rings is 1. The minimum absolute atomic E-state index is 0.00583. The van der Waals surface area contributed by atoms with E-state index in [4.69, 9.17) is 9.15 Å². The maximum atomic E-state index is 11.8. The SMILES string of the molecule is C[C@@H]1C[NH+](C)[C@H](C)C[C@H]1OC(=O)c1ccco1. The van der Waals surface area contributed by atoms with Gasteiger partial charge in [0, 0.05) is 12.3 Å². The Balaban J connectivity index is 1.97. The summed E-state index contributed by atoms with van der Waals surface area (Å²) in [7, 11) is 2.19. The van der Waals surface area contributed by atoms with E-state index in [2.05, 4.69) is 20.9 Å². The van der Waals surface area contributed by atoms with E-state index in [1.54, 1.807) is 12.1 Å². The highest BCUT2D eigenvalue weighted by Gasteiger charge is 2.34. The molecule has 17 heavy (non-hydrogen) atoms. The Labute approximate surface area is 102 Å². The molecule has 0 amide bonds. The fraction of sp³-hybridized carbons (Fsp3) is 0.615. The predicted molar refractivity (Wildman–Crippen MR) is 62.9 cm³/mol. The van der Waals surface area contributed by atoms with Gasteiger partial charge in [0.25, 0.3) is 0 Å². The maximum Gasteiger partial charge on any atom is 0.374 e. The van der Waals surface area contributed by atoms with E-state index in [0.29, 0.717) is 12.0 Å². The Morgan fingerprint density at radius 1 is 1.53 bits per heavy atom. The van der Waals surface area contributed by atoms with Gasteiger partial charge >= 0.3 is 5.97 Å². The number of carbonyl (C=O) groups is 1. The molecule has 4 nitrogen and oxygen atoms in total. The Kier molecular flexibility index (Phi) is 3.52. The predicted octanol–water partition coefficient (Wildman–Crippen LogP) is 0.748. The fourth-order valence-electron chi connectivity index (χ4n) is 2.38. The van der Waals surface area contributed by atoms with Gasteiger partial charge in [-0.25, -0.2) is 4.79 Å². The van der Waals surface area contributed by atoms with Crippen LogP contribution in [0.25, 0.3) is 0 Å². The number of nitrogens with one attached hydrogen (secondary N) is 1. The zero-order chi connectivity index (χ0) is 12.4. The van der Waals surface area contributed by atoms with Crippen LogP contribution in [0.4, 0.5) is 0 Å². The third-order valence-electron chi connectivity index (χ3n) is 3.69. The first-order valence-electron chi connectivity index (χ1n) is 6.14. The van der Waals surface area contributed by atoms with E-state index in [1.807, 2.05) is 0 Å². The summed E-state index contributed by atoms with van der Waals surface area (Å²) in [5.41, 5.74) is 0. The van der Waals surface area contributed by atoms with Crippen LogP contribution >= 0.6 is 0 Å². The van der Waals surface area contributed by atoms with E-state index in [9.17, 15) is 4.79 Å². The smallest absolute Gasteiger partial charge is 0.374 e. The number of hydrogen-bond acceptors (Lipinski definition) is 3. The Morgan fingerprint density at radius 3 is 2.94 bits per heavy atom. The summed E-state index contributed by atoms with van der Waals surface area (Å²) in [5.74, 6) is 0.333. The van der Waals surface area contributed by atoms with Crippen LogP contribution in [0.2, 0.25) is 0 Å². The lowest BCUT2D eigenvalue weighted by Crippen LogP contribution is -3.14. The van der Waals surface area contributed by atoms with Crippen molar-refractivity contribution in [3.8, 4) is 0 Å². The first-order valence-corrected chi connectivity index (χ1v) is 6.14. The average Bonchev–Trinajstić information content (AvgIpc) is 2.79. The molecule has 1 N–H and O–H groups in total. The Morgan fingerprint density at radius 2 is 2.29 bits per heavy atom. The second-order valence-corrected chi connectivity index (χ2v) is 5.09. The molecule has 4 heteroatoms. The summed E-state index contributed by atoms with van der Waals surface area (Å²) >= 11 is 0. The van der Waals surface area contributed by atoms with Gasteiger partial charge in [-0.15, -0.1) is 0 Å². The second kappa shape index (κ2) is 4.92. The number of hydrogen-bond donors (Lipinski definition) is 1. The number of quaternary nitrogens is 1. The van der Waals surface area contributed by atoms with Crippen molar-refractivity contribution < 1.29 is 18.8 Å². The molecule has 2 rings (SSSR count). The lowest BCUT2D eigenvalue weighted by Gasteiger charge is -2.36.